The number of halogens is 1. The van der Waals surface area contributed by atoms with Crippen molar-refractivity contribution in [2.75, 3.05) is 7.11 Å². The third-order valence-corrected chi connectivity index (χ3v) is 3.26. The van der Waals surface area contributed by atoms with Gasteiger partial charge in [-0.3, -0.25) is 10.6 Å². The van der Waals surface area contributed by atoms with Gasteiger partial charge in [0.05, 0.1) is 11.6 Å². The van der Waals surface area contributed by atoms with E-state index in [-0.39, 0.29) is 17.9 Å². The maximum absolute atomic E-state index is 11.1. The summed E-state index contributed by atoms with van der Waals surface area (Å²) in [4.78, 5) is 11.1. The Kier molecular flexibility index (Phi) is 4.55. The van der Waals surface area contributed by atoms with Gasteiger partial charge >= 0.3 is 5.97 Å². The van der Waals surface area contributed by atoms with E-state index >= 15 is 0 Å². The number of hydrogen-bond acceptors (Lipinski definition) is 5. The molecule has 0 spiro atoms. The fraction of sp³-hybridized carbons (Fsp3) is 0.364. The van der Waals surface area contributed by atoms with Crippen molar-refractivity contribution in [3.05, 3.63) is 22.2 Å². The molecule has 1 aromatic rings. The van der Waals surface area contributed by atoms with Crippen LogP contribution in [0, 0.1) is 0 Å². The van der Waals surface area contributed by atoms with Crippen molar-refractivity contribution >= 4 is 21.9 Å². The number of carbonyl (C=O) groups is 1. The molecule has 1 rings (SSSR count). The molecular formula is C11H15BrN2O4. The molecule has 7 heteroatoms. The van der Waals surface area contributed by atoms with Gasteiger partial charge in [0.1, 0.15) is 5.54 Å². The van der Waals surface area contributed by atoms with E-state index in [2.05, 4.69) is 21.4 Å². The molecule has 0 aromatic heterocycles. The van der Waals surface area contributed by atoms with Gasteiger partial charge in [-0.15, -0.1) is 0 Å². The number of ether oxygens (including phenoxy) is 1. The number of hydrazine groups is 1. The summed E-state index contributed by atoms with van der Waals surface area (Å²) < 4.78 is 5.43. The zero-order valence-electron chi connectivity index (χ0n) is 10.0. The van der Waals surface area contributed by atoms with Crippen molar-refractivity contribution < 1.29 is 19.7 Å². The number of carboxylic acid groups (broad SMARTS) is 1. The number of nitrogens with one attached hydrogen (secondary N) is 1. The van der Waals surface area contributed by atoms with E-state index in [1.165, 1.54) is 14.0 Å². The van der Waals surface area contributed by atoms with Crippen LogP contribution in [0.5, 0.6) is 11.5 Å². The normalized spacial score (nSPS) is 14.0. The number of benzene rings is 1. The highest BCUT2D eigenvalue weighted by Gasteiger charge is 2.32. The molecule has 0 radical (unpaired) electrons. The van der Waals surface area contributed by atoms with Crippen molar-refractivity contribution in [3.8, 4) is 11.5 Å². The second-order valence-electron chi connectivity index (χ2n) is 4.09. The number of aromatic hydroxyl groups is 1. The molecule has 0 amide bonds. The highest BCUT2D eigenvalue weighted by molar-refractivity contribution is 9.10. The van der Waals surface area contributed by atoms with E-state index < -0.39 is 11.5 Å². The molecule has 5 N–H and O–H groups in total. The van der Waals surface area contributed by atoms with Crippen molar-refractivity contribution in [2.24, 2.45) is 5.84 Å². The molecule has 0 aliphatic rings. The Morgan fingerprint density at radius 3 is 2.67 bits per heavy atom. The Morgan fingerprint density at radius 2 is 2.22 bits per heavy atom. The quantitative estimate of drug-likeness (QED) is 0.477. The second-order valence-corrected chi connectivity index (χ2v) is 4.94. The van der Waals surface area contributed by atoms with E-state index in [9.17, 15) is 9.90 Å². The first-order valence-electron chi connectivity index (χ1n) is 5.10. The molecule has 6 nitrogen and oxygen atoms in total. The fourth-order valence-corrected chi connectivity index (χ4v) is 1.97. The van der Waals surface area contributed by atoms with Crippen LogP contribution >= 0.6 is 15.9 Å². The molecule has 0 aliphatic carbocycles. The molecule has 1 aromatic carbocycles. The largest absolute Gasteiger partial charge is 0.503 e. The number of nitrogens with two attached hydrogens (primary N) is 1. The van der Waals surface area contributed by atoms with Gasteiger partial charge < -0.3 is 14.9 Å². The van der Waals surface area contributed by atoms with Crippen LogP contribution in [-0.4, -0.2) is 28.8 Å². The van der Waals surface area contributed by atoms with Crippen LogP contribution in [0.15, 0.2) is 16.6 Å². The van der Waals surface area contributed by atoms with E-state index in [0.29, 0.717) is 10.0 Å². The summed E-state index contributed by atoms with van der Waals surface area (Å²) in [6, 6.07) is 3.19. The molecule has 0 heterocycles. The summed E-state index contributed by atoms with van der Waals surface area (Å²) in [5, 5.41) is 18.8. The van der Waals surface area contributed by atoms with E-state index in [4.69, 9.17) is 15.7 Å². The zero-order chi connectivity index (χ0) is 13.9. The summed E-state index contributed by atoms with van der Waals surface area (Å²) in [5.41, 5.74) is 1.66. The Balaban J connectivity index is 3.12. The average molecular weight is 319 g/mol. The lowest BCUT2D eigenvalue weighted by Crippen LogP contribution is -2.54. The third-order valence-electron chi connectivity index (χ3n) is 2.66. The Hall–Kier alpha value is -1.31. The van der Waals surface area contributed by atoms with E-state index in [0.717, 1.165) is 0 Å². The van der Waals surface area contributed by atoms with Crippen LogP contribution in [0.25, 0.3) is 0 Å². The maximum Gasteiger partial charge on any atom is 0.325 e. The van der Waals surface area contributed by atoms with Gasteiger partial charge in [-0.2, -0.15) is 0 Å². The van der Waals surface area contributed by atoms with Gasteiger partial charge in [0.15, 0.2) is 11.5 Å². The van der Waals surface area contributed by atoms with Crippen molar-refractivity contribution in [1.82, 2.24) is 5.43 Å². The van der Waals surface area contributed by atoms with Crippen LogP contribution in [0.2, 0.25) is 0 Å². The average Bonchev–Trinajstić information content (AvgIpc) is 2.33. The van der Waals surface area contributed by atoms with Crippen molar-refractivity contribution in [2.45, 2.75) is 18.9 Å². The summed E-state index contributed by atoms with van der Waals surface area (Å²) >= 11 is 3.18. The molecule has 18 heavy (non-hydrogen) atoms. The summed E-state index contributed by atoms with van der Waals surface area (Å²) in [7, 11) is 1.42. The molecule has 1 unspecified atom stereocenters. The molecular weight excluding hydrogens is 304 g/mol. The molecule has 0 fully saturated rings. The lowest BCUT2D eigenvalue weighted by atomic mass is 9.93. The van der Waals surface area contributed by atoms with Gasteiger partial charge in [-0.1, -0.05) is 0 Å². The number of aliphatic carboxylic acids is 1. The zero-order valence-corrected chi connectivity index (χ0v) is 11.6. The first kappa shape index (κ1) is 14.7. The summed E-state index contributed by atoms with van der Waals surface area (Å²) in [6.07, 6.45) is 0.147. The minimum absolute atomic E-state index is 0.0287. The van der Waals surface area contributed by atoms with E-state index in [1.54, 1.807) is 12.1 Å². The maximum atomic E-state index is 11.1. The number of hydrogen-bond donors (Lipinski definition) is 4. The van der Waals surface area contributed by atoms with Gasteiger partial charge in [-0.25, -0.2) is 5.43 Å². The molecule has 1 atom stereocenters. The lowest BCUT2D eigenvalue weighted by Gasteiger charge is -2.24. The highest BCUT2D eigenvalue weighted by atomic mass is 79.9. The predicted octanol–water partition coefficient (Wildman–Crippen LogP) is 1.01. The highest BCUT2D eigenvalue weighted by Crippen LogP contribution is 2.36. The SMILES string of the molecule is COc1cc(CC(C)(NN)C(=O)O)cc(Br)c1O. The minimum Gasteiger partial charge on any atom is -0.503 e. The smallest absolute Gasteiger partial charge is 0.325 e. The third kappa shape index (κ3) is 2.92. The topological polar surface area (TPSA) is 105 Å². The first-order valence-corrected chi connectivity index (χ1v) is 5.90. The standard InChI is InChI=1S/C11H15BrN2O4/c1-11(14-13,10(16)17)5-6-3-7(12)9(15)8(4-6)18-2/h3-4,14-15H,5,13H2,1-2H3,(H,16,17). The van der Waals surface area contributed by atoms with Crippen LogP contribution < -0.4 is 16.0 Å². The Morgan fingerprint density at radius 1 is 1.61 bits per heavy atom. The number of rotatable bonds is 5. The summed E-state index contributed by atoms with van der Waals surface area (Å²) in [6.45, 7) is 1.47. The van der Waals surface area contributed by atoms with Gasteiger partial charge in [0.25, 0.3) is 0 Å². The van der Waals surface area contributed by atoms with Gasteiger partial charge in [-0.05, 0) is 40.5 Å². The molecule has 0 saturated carbocycles. The molecule has 100 valence electrons. The van der Waals surface area contributed by atoms with Crippen molar-refractivity contribution in [3.63, 3.8) is 0 Å². The van der Waals surface area contributed by atoms with Crippen LogP contribution in [0.1, 0.15) is 12.5 Å². The number of methoxy groups -OCH3 is 1. The predicted molar refractivity (Wildman–Crippen MR) is 69.4 cm³/mol. The van der Waals surface area contributed by atoms with Crippen LogP contribution in [0.3, 0.4) is 0 Å². The monoisotopic (exact) mass is 318 g/mol. The van der Waals surface area contributed by atoms with Crippen LogP contribution in [-0.2, 0) is 11.2 Å². The summed E-state index contributed by atoms with van der Waals surface area (Å²) in [5.74, 6) is 4.45. The lowest BCUT2D eigenvalue weighted by molar-refractivity contribution is -0.144. The van der Waals surface area contributed by atoms with Crippen molar-refractivity contribution in [1.29, 1.82) is 0 Å². The minimum atomic E-state index is -1.29. The Bertz CT molecular complexity index is 467. The Labute approximate surface area is 113 Å². The first-order chi connectivity index (χ1) is 8.34. The number of carboxylic acids is 1. The second kappa shape index (κ2) is 5.55. The van der Waals surface area contributed by atoms with Crippen LogP contribution in [0.4, 0.5) is 0 Å². The molecule has 0 saturated heterocycles. The molecule has 0 aliphatic heterocycles. The van der Waals surface area contributed by atoms with E-state index in [1.807, 2.05) is 0 Å². The van der Waals surface area contributed by atoms with Gasteiger partial charge in [0.2, 0.25) is 0 Å². The fourth-order valence-electron chi connectivity index (χ4n) is 1.48. The number of phenolic OH excluding ortho intramolecular Hbond substituents is 1. The molecule has 0 bridgehead atoms. The number of phenols is 1. The van der Waals surface area contributed by atoms with Gasteiger partial charge in [0, 0.05) is 6.42 Å².